The fourth-order valence-electron chi connectivity index (χ4n) is 2.70. The number of nitrogens with zero attached hydrogens (tertiary/aromatic N) is 1. The number of carbonyl (C=O) groups excluding carboxylic acids is 2. The molecule has 0 aromatic carbocycles. The van der Waals surface area contributed by atoms with Crippen LogP contribution in [0.25, 0.3) is 0 Å². The van der Waals surface area contributed by atoms with Crippen molar-refractivity contribution in [3.05, 3.63) is 22.4 Å². The van der Waals surface area contributed by atoms with Gasteiger partial charge in [-0.2, -0.15) is 11.3 Å². The fourth-order valence-corrected chi connectivity index (χ4v) is 3.37. The van der Waals surface area contributed by atoms with E-state index in [1.54, 1.807) is 11.3 Å². The maximum absolute atomic E-state index is 11.9. The third-order valence-electron chi connectivity index (χ3n) is 3.99. The van der Waals surface area contributed by atoms with Crippen molar-refractivity contribution < 1.29 is 9.59 Å². The average Bonchev–Trinajstić information content (AvgIpc) is 2.81. The zero-order valence-corrected chi connectivity index (χ0v) is 12.3. The molecule has 3 rings (SSSR count). The van der Waals surface area contributed by atoms with Crippen molar-refractivity contribution in [3.63, 3.8) is 0 Å². The van der Waals surface area contributed by atoms with Gasteiger partial charge in [0.1, 0.15) is 0 Å². The van der Waals surface area contributed by atoms with Crippen LogP contribution in [0, 0.1) is 5.92 Å². The molecule has 1 aromatic rings. The van der Waals surface area contributed by atoms with E-state index in [9.17, 15) is 9.59 Å². The Balaban J connectivity index is 1.44. The number of thiophene rings is 1. The van der Waals surface area contributed by atoms with E-state index in [4.69, 9.17) is 0 Å². The lowest BCUT2D eigenvalue weighted by Crippen LogP contribution is -2.43. The van der Waals surface area contributed by atoms with Gasteiger partial charge in [0.15, 0.2) is 0 Å². The number of nitrogens with one attached hydrogen (secondary N) is 2. The van der Waals surface area contributed by atoms with Gasteiger partial charge < -0.3 is 15.5 Å². The lowest BCUT2D eigenvalue weighted by atomic mass is 10.2. The van der Waals surface area contributed by atoms with Crippen LogP contribution < -0.4 is 10.6 Å². The summed E-state index contributed by atoms with van der Waals surface area (Å²) in [5.41, 5.74) is 1.10. The number of carbonyl (C=O) groups is 2. The summed E-state index contributed by atoms with van der Waals surface area (Å²) >= 11 is 1.61. The smallest absolute Gasteiger partial charge is 0.315 e. The lowest BCUT2D eigenvalue weighted by Gasteiger charge is -2.17. The number of likely N-dealkylation sites (tertiary alicyclic amines) is 1. The fraction of sp³-hybridized carbons (Fsp3) is 0.571. The van der Waals surface area contributed by atoms with Crippen LogP contribution in [0.3, 0.4) is 0 Å². The van der Waals surface area contributed by atoms with Gasteiger partial charge in [0.2, 0.25) is 5.91 Å². The van der Waals surface area contributed by atoms with Crippen LogP contribution in [-0.2, 0) is 11.3 Å². The van der Waals surface area contributed by atoms with Crippen LogP contribution in [0.4, 0.5) is 4.79 Å². The highest BCUT2D eigenvalue weighted by molar-refractivity contribution is 7.07. The van der Waals surface area contributed by atoms with Crippen molar-refractivity contribution in [3.8, 4) is 0 Å². The van der Waals surface area contributed by atoms with Gasteiger partial charge in [-0.05, 0) is 34.7 Å². The monoisotopic (exact) mass is 293 g/mol. The van der Waals surface area contributed by atoms with Crippen molar-refractivity contribution in [2.45, 2.75) is 38.4 Å². The molecule has 2 aliphatic rings. The van der Waals surface area contributed by atoms with E-state index in [0.29, 0.717) is 31.5 Å². The number of hydrogen-bond acceptors (Lipinski definition) is 3. The summed E-state index contributed by atoms with van der Waals surface area (Å²) in [4.78, 5) is 25.6. The van der Waals surface area contributed by atoms with Crippen molar-refractivity contribution in [2.75, 3.05) is 6.54 Å². The Kier molecular flexibility index (Phi) is 3.65. The zero-order valence-electron chi connectivity index (χ0n) is 11.5. The Bertz CT molecular complexity index is 503. The van der Waals surface area contributed by atoms with E-state index in [2.05, 4.69) is 17.6 Å². The topological polar surface area (TPSA) is 61.4 Å². The maximum atomic E-state index is 11.9. The Morgan fingerprint density at radius 3 is 3.00 bits per heavy atom. The second kappa shape index (κ2) is 5.44. The molecular weight excluding hydrogens is 274 g/mol. The molecule has 1 saturated carbocycles. The summed E-state index contributed by atoms with van der Waals surface area (Å²) < 4.78 is 0. The molecule has 108 valence electrons. The molecule has 0 spiro atoms. The molecule has 20 heavy (non-hydrogen) atoms. The first-order valence-electron chi connectivity index (χ1n) is 6.98. The summed E-state index contributed by atoms with van der Waals surface area (Å²) in [6, 6.07) is 2.14. The van der Waals surface area contributed by atoms with E-state index in [1.165, 1.54) is 0 Å². The summed E-state index contributed by atoms with van der Waals surface area (Å²) in [6.07, 6.45) is 1.53. The number of hydrogen-bond donors (Lipinski definition) is 2. The third-order valence-corrected chi connectivity index (χ3v) is 4.73. The van der Waals surface area contributed by atoms with Gasteiger partial charge in [-0.3, -0.25) is 4.79 Å². The normalized spacial score (nSPS) is 28.6. The lowest BCUT2D eigenvalue weighted by molar-refractivity contribution is -0.128. The molecule has 6 heteroatoms. The van der Waals surface area contributed by atoms with Crippen LogP contribution in [0.1, 0.15) is 25.3 Å². The number of amides is 3. The predicted molar refractivity (Wildman–Crippen MR) is 77.4 cm³/mol. The quantitative estimate of drug-likeness (QED) is 0.885. The number of urea groups is 1. The van der Waals surface area contributed by atoms with Crippen molar-refractivity contribution in [1.82, 2.24) is 15.5 Å². The average molecular weight is 293 g/mol. The second-order valence-corrected chi connectivity index (χ2v) is 6.47. The molecule has 1 aromatic heterocycles. The highest BCUT2D eigenvalue weighted by Gasteiger charge is 2.44. The Morgan fingerprint density at radius 1 is 1.55 bits per heavy atom. The first kappa shape index (κ1) is 13.4. The highest BCUT2D eigenvalue weighted by Crippen LogP contribution is 2.37. The molecule has 2 fully saturated rings. The molecule has 1 aliphatic carbocycles. The zero-order chi connectivity index (χ0) is 14.1. The minimum atomic E-state index is -0.195. The van der Waals surface area contributed by atoms with Gasteiger partial charge in [-0.25, -0.2) is 4.79 Å². The molecule has 0 bridgehead atoms. The summed E-state index contributed by atoms with van der Waals surface area (Å²) in [6.45, 7) is 3.34. The van der Waals surface area contributed by atoms with E-state index in [0.717, 1.165) is 12.0 Å². The SMILES string of the molecule is C[C@@H]1C[C@@H]1N1C[C@@H](NC(=O)NCc2ccsc2)CC1=O. The Morgan fingerprint density at radius 2 is 2.35 bits per heavy atom. The van der Waals surface area contributed by atoms with Gasteiger partial charge in [-0.15, -0.1) is 0 Å². The Labute approximate surface area is 122 Å². The minimum Gasteiger partial charge on any atom is -0.337 e. The molecule has 5 nitrogen and oxygen atoms in total. The molecule has 1 aliphatic heterocycles. The van der Waals surface area contributed by atoms with Crippen LogP contribution in [-0.4, -0.2) is 35.5 Å². The second-order valence-electron chi connectivity index (χ2n) is 5.69. The highest BCUT2D eigenvalue weighted by atomic mass is 32.1. The molecular formula is C14H19N3O2S. The predicted octanol–water partition coefficient (Wildman–Crippen LogP) is 1.56. The van der Waals surface area contributed by atoms with Crippen molar-refractivity contribution >= 4 is 23.3 Å². The summed E-state index contributed by atoms with van der Waals surface area (Å²) in [5, 5.41) is 9.71. The molecule has 0 unspecified atom stereocenters. The van der Waals surface area contributed by atoms with Crippen LogP contribution in [0.5, 0.6) is 0 Å². The van der Waals surface area contributed by atoms with Crippen LogP contribution >= 0.6 is 11.3 Å². The van der Waals surface area contributed by atoms with Gasteiger partial charge in [0.25, 0.3) is 0 Å². The van der Waals surface area contributed by atoms with Crippen molar-refractivity contribution in [1.29, 1.82) is 0 Å². The first-order chi connectivity index (χ1) is 9.63. The van der Waals surface area contributed by atoms with Crippen molar-refractivity contribution in [2.24, 2.45) is 5.92 Å². The first-order valence-corrected chi connectivity index (χ1v) is 7.92. The van der Waals surface area contributed by atoms with Gasteiger partial charge in [0.05, 0.1) is 6.04 Å². The van der Waals surface area contributed by atoms with E-state index in [-0.39, 0.29) is 18.0 Å². The third kappa shape index (κ3) is 2.95. The maximum Gasteiger partial charge on any atom is 0.315 e. The van der Waals surface area contributed by atoms with E-state index in [1.807, 2.05) is 21.7 Å². The largest absolute Gasteiger partial charge is 0.337 e. The van der Waals surface area contributed by atoms with E-state index >= 15 is 0 Å². The molecule has 1 saturated heterocycles. The van der Waals surface area contributed by atoms with Gasteiger partial charge >= 0.3 is 6.03 Å². The Hall–Kier alpha value is -1.56. The molecule has 0 radical (unpaired) electrons. The standard InChI is InChI=1S/C14H19N3O2S/c1-9-4-12(9)17-7-11(5-13(17)18)16-14(19)15-6-10-2-3-20-8-10/h2-3,8-9,11-12H,4-7H2,1H3,(H2,15,16,19)/t9-,11+,12+/m1/s1. The number of rotatable bonds is 4. The van der Waals surface area contributed by atoms with Crippen LogP contribution in [0.15, 0.2) is 16.8 Å². The summed E-state index contributed by atoms with van der Waals surface area (Å²) in [5.74, 6) is 0.785. The summed E-state index contributed by atoms with van der Waals surface area (Å²) in [7, 11) is 0. The minimum absolute atomic E-state index is 0.0576. The molecule has 2 N–H and O–H groups in total. The molecule has 3 atom stereocenters. The van der Waals surface area contributed by atoms with Crippen LogP contribution in [0.2, 0.25) is 0 Å². The van der Waals surface area contributed by atoms with Gasteiger partial charge in [0, 0.05) is 25.6 Å². The van der Waals surface area contributed by atoms with E-state index < -0.39 is 0 Å². The molecule has 2 heterocycles. The van der Waals surface area contributed by atoms with Gasteiger partial charge in [-0.1, -0.05) is 6.92 Å². The molecule has 3 amide bonds.